The molecule has 0 unspecified atom stereocenters. The fourth-order valence-corrected chi connectivity index (χ4v) is 2.59. The zero-order valence-corrected chi connectivity index (χ0v) is 12.5. The summed E-state index contributed by atoms with van der Waals surface area (Å²) in [6.07, 6.45) is 2.43. The molecule has 0 amide bonds. The van der Waals surface area contributed by atoms with Gasteiger partial charge in [-0.15, -0.1) is 0 Å². The van der Waals surface area contributed by atoms with Crippen LogP contribution >= 0.6 is 11.8 Å². The average molecular weight is 300 g/mol. The standard InChI is InChI=1S/C15H16N4OS/c1-2-12-5-6-13(20-12)9-16-11-3-7-14(8-4-11)21-15-17-10-18-19-15/h3-8,10,16H,2,9H2,1H3,(H,17,18,19). The Morgan fingerprint density at radius 2 is 1.95 bits per heavy atom. The Balaban J connectivity index is 1.56. The molecular weight excluding hydrogens is 284 g/mol. The lowest BCUT2D eigenvalue weighted by Crippen LogP contribution is -1.97. The predicted octanol–water partition coefficient (Wildman–Crippen LogP) is 3.72. The minimum atomic E-state index is 0.689. The van der Waals surface area contributed by atoms with Gasteiger partial charge in [0.15, 0.2) is 5.16 Å². The van der Waals surface area contributed by atoms with Crippen molar-refractivity contribution in [3.8, 4) is 0 Å². The second kappa shape index (κ2) is 6.49. The minimum absolute atomic E-state index is 0.689. The van der Waals surface area contributed by atoms with Gasteiger partial charge in [-0.2, -0.15) is 5.10 Å². The van der Waals surface area contributed by atoms with Gasteiger partial charge in [-0.05, 0) is 36.4 Å². The van der Waals surface area contributed by atoms with Crippen molar-refractivity contribution >= 4 is 17.4 Å². The van der Waals surface area contributed by atoms with Gasteiger partial charge in [-0.25, -0.2) is 4.98 Å². The normalized spacial score (nSPS) is 10.7. The summed E-state index contributed by atoms with van der Waals surface area (Å²) in [6, 6.07) is 12.2. The van der Waals surface area contributed by atoms with E-state index in [2.05, 4.69) is 39.6 Å². The number of anilines is 1. The third-order valence-corrected chi connectivity index (χ3v) is 3.89. The second-order valence-corrected chi connectivity index (χ2v) is 5.55. The first-order valence-corrected chi connectivity index (χ1v) is 7.60. The fourth-order valence-electron chi connectivity index (χ4n) is 1.89. The summed E-state index contributed by atoms with van der Waals surface area (Å²) in [5, 5.41) is 10.8. The quantitative estimate of drug-likeness (QED) is 0.726. The van der Waals surface area contributed by atoms with E-state index in [1.165, 1.54) is 6.33 Å². The molecule has 1 aromatic carbocycles. The Labute approximate surface area is 127 Å². The van der Waals surface area contributed by atoms with Gasteiger partial charge in [-0.3, -0.25) is 5.10 Å². The molecule has 2 N–H and O–H groups in total. The van der Waals surface area contributed by atoms with Crippen LogP contribution in [0.4, 0.5) is 5.69 Å². The van der Waals surface area contributed by atoms with Gasteiger partial charge in [0.25, 0.3) is 0 Å². The monoisotopic (exact) mass is 300 g/mol. The third kappa shape index (κ3) is 3.66. The summed E-state index contributed by atoms with van der Waals surface area (Å²) < 4.78 is 5.66. The van der Waals surface area contributed by atoms with Crippen molar-refractivity contribution in [1.82, 2.24) is 15.2 Å². The lowest BCUT2D eigenvalue weighted by molar-refractivity contribution is 0.476. The topological polar surface area (TPSA) is 66.7 Å². The molecule has 0 bridgehead atoms. The molecular formula is C15H16N4OS. The molecule has 0 aliphatic heterocycles. The molecule has 0 saturated heterocycles. The zero-order chi connectivity index (χ0) is 14.5. The summed E-state index contributed by atoms with van der Waals surface area (Å²) in [5.74, 6) is 1.97. The van der Waals surface area contributed by atoms with E-state index in [1.54, 1.807) is 11.8 Å². The second-order valence-electron chi connectivity index (χ2n) is 4.49. The van der Waals surface area contributed by atoms with Crippen molar-refractivity contribution in [2.45, 2.75) is 29.9 Å². The maximum atomic E-state index is 5.66. The molecule has 3 aromatic rings. The predicted molar refractivity (Wildman–Crippen MR) is 82.4 cm³/mol. The first kappa shape index (κ1) is 13.8. The Kier molecular flexibility index (Phi) is 4.25. The van der Waals surface area contributed by atoms with Crippen molar-refractivity contribution in [2.24, 2.45) is 0 Å². The molecule has 6 heteroatoms. The molecule has 0 spiro atoms. The maximum Gasteiger partial charge on any atom is 0.188 e. The first-order chi connectivity index (χ1) is 10.3. The van der Waals surface area contributed by atoms with Crippen LogP contribution in [-0.4, -0.2) is 15.2 Å². The highest BCUT2D eigenvalue weighted by atomic mass is 32.2. The van der Waals surface area contributed by atoms with Crippen molar-refractivity contribution in [1.29, 1.82) is 0 Å². The van der Waals surface area contributed by atoms with Crippen LogP contribution in [0, 0.1) is 0 Å². The number of rotatable bonds is 6. The van der Waals surface area contributed by atoms with Crippen LogP contribution in [0.1, 0.15) is 18.4 Å². The number of aromatic nitrogens is 3. The number of hydrogen-bond donors (Lipinski definition) is 2. The van der Waals surface area contributed by atoms with Crippen LogP contribution in [0.25, 0.3) is 0 Å². The largest absolute Gasteiger partial charge is 0.464 e. The SMILES string of the molecule is CCc1ccc(CNc2ccc(Sc3ncn[nH]3)cc2)o1. The van der Waals surface area contributed by atoms with Crippen LogP contribution < -0.4 is 5.32 Å². The number of H-pyrrole nitrogens is 1. The third-order valence-electron chi connectivity index (χ3n) is 2.99. The number of nitrogens with zero attached hydrogens (tertiary/aromatic N) is 2. The van der Waals surface area contributed by atoms with E-state index in [0.29, 0.717) is 6.54 Å². The molecule has 5 nitrogen and oxygen atoms in total. The zero-order valence-electron chi connectivity index (χ0n) is 11.7. The Morgan fingerprint density at radius 1 is 1.14 bits per heavy atom. The fraction of sp³-hybridized carbons (Fsp3) is 0.200. The number of benzene rings is 1. The molecule has 2 aromatic heterocycles. The first-order valence-electron chi connectivity index (χ1n) is 6.78. The molecule has 2 heterocycles. The molecule has 0 aliphatic carbocycles. The highest BCUT2D eigenvalue weighted by molar-refractivity contribution is 7.99. The Hall–Kier alpha value is -2.21. The molecule has 0 radical (unpaired) electrons. The van der Waals surface area contributed by atoms with Crippen molar-refractivity contribution in [3.63, 3.8) is 0 Å². The highest BCUT2D eigenvalue weighted by Crippen LogP contribution is 2.25. The van der Waals surface area contributed by atoms with Crippen molar-refractivity contribution in [2.75, 3.05) is 5.32 Å². The Bertz CT molecular complexity index is 676. The summed E-state index contributed by atoms with van der Waals surface area (Å²) in [4.78, 5) is 5.20. The number of hydrogen-bond acceptors (Lipinski definition) is 5. The van der Waals surface area contributed by atoms with E-state index in [-0.39, 0.29) is 0 Å². The Morgan fingerprint density at radius 3 is 2.62 bits per heavy atom. The van der Waals surface area contributed by atoms with Gasteiger partial charge < -0.3 is 9.73 Å². The highest BCUT2D eigenvalue weighted by Gasteiger charge is 2.02. The molecule has 21 heavy (non-hydrogen) atoms. The van der Waals surface area contributed by atoms with E-state index < -0.39 is 0 Å². The van der Waals surface area contributed by atoms with Crippen LogP contribution in [0.5, 0.6) is 0 Å². The minimum Gasteiger partial charge on any atom is -0.464 e. The lowest BCUT2D eigenvalue weighted by Gasteiger charge is -2.05. The van der Waals surface area contributed by atoms with Crippen molar-refractivity contribution < 1.29 is 4.42 Å². The van der Waals surface area contributed by atoms with Crippen LogP contribution in [0.15, 0.2) is 57.2 Å². The summed E-state index contributed by atoms with van der Waals surface area (Å²) in [6.45, 7) is 2.77. The van der Waals surface area contributed by atoms with Gasteiger partial charge in [0.05, 0.1) is 6.54 Å². The van der Waals surface area contributed by atoms with Crippen LogP contribution in [0.2, 0.25) is 0 Å². The van der Waals surface area contributed by atoms with Gasteiger partial charge in [0, 0.05) is 17.0 Å². The summed E-state index contributed by atoms with van der Waals surface area (Å²) >= 11 is 1.55. The molecule has 0 saturated carbocycles. The van der Waals surface area contributed by atoms with E-state index in [0.717, 1.165) is 33.7 Å². The van der Waals surface area contributed by atoms with Crippen LogP contribution in [-0.2, 0) is 13.0 Å². The number of nitrogens with one attached hydrogen (secondary N) is 2. The number of furan rings is 1. The molecule has 108 valence electrons. The average Bonchev–Trinajstić information content (AvgIpc) is 3.18. The van der Waals surface area contributed by atoms with Gasteiger partial charge >= 0.3 is 0 Å². The van der Waals surface area contributed by atoms with E-state index in [1.807, 2.05) is 24.3 Å². The molecule has 3 rings (SSSR count). The smallest absolute Gasteiger partial charge is 0.188 e. The number of aromatic amines is 1. The molecule has 0 fully saturated rings. The summed E-state index contributed by atoms with van der Waals surface area (Å²) in [7, 11) is 0. The molecule has 0 aliphatic rings. The maximum absolute atomic E-state index is 5.66. The lowest BCUT2D eigenvalue weighted by atomic mass is 10.3. The van der Waals surface area contributed by atoms with Gasteiger partial charge in [0.1, 0.15) is 17.8 Å². The van der Waals surface area contributed by atoms with E-state index in [4.69, 9.17) is 4.42 Å². The van der Waals surface area contributed by atoms with Gasteiger partial charge in [0.2, 0.25) is 0 Å². The molecule has 0 atom stereocenters. The summed E-state index contributed by atoms with van der Waals surface area (Å²) in [5.41, 5.74) is 1.06. The van der Waals surface area contributed by atoms with Crippen molar-refractivity contribution in [3.05, 3.63) is 54.2 Å². The van der Waals surface area contributed by atoms with Gasteiger partial charge in [-0.1, -0.05) is 18.7 Å². The number of aryl methyl sites for hydroxylation is 1. The van der Waals surface area contributed by atoms with E-state index >= 15 is 0 Å². The van der Waals surface area contributed by atoms with E-state index in [9.17, 15) is 0 Å². The van der Waals surface area contributed by atoms with Crippen LogP contribution in [0.3, 0.4) is 0 Å².